The second-order valence-corrected chi connectivity index (χ2v) is 9.29. The number of anilines is 1. The highest BCUT2D eigenvalue weighted by molar-refractivity contribution is 8.13. The minimum Gasteiger partial charge on any atom is -0.461 e. The Kier molecular flexibility index (Phi) is 6.78. The molecule has 0 amide bonds. The van der Waals surface area contributed by atoms with Crippen LogP contribution in [0.2, 0.25) is 0 Å². The fourth-order valence-corrected chi connectivity index (χ4v) is 3.71. The summed E-state index contributed by atoms with van der Waals surface area (Å²) in [4.78, 5) is 28.3. The standard InChI is InChI=1S/C17H25BN2O5S2/c1-7-23-14(22)13-12(27-15(19)20-13)8-11(9-26-10(2)21)18-24-16(3,4)17(5,6)25-18/h8H,7,9H2,1-6H3,(H2,19,20). The third-order valence-corrected chi connectivity index (χ3v) is 6.17. The van der Waals surface area contributed by atoms with E-state index >= 15 is 0 Å². The molecular weight excluding hydrogens is 387 g/mol. The number of nitrogens with two attached hydrogens (primary N) is 1. The van der Waals surface area contributed by atoms with Gasteiger partial charge in [0, 0.05) is 12.7 Å². The Hall–Kier alpha value is -1.36. The fourth-order valence-electron chi connectivity index (χ4n) is 2.32. The quantitative estimate of drug-likeness (QED) is 0.562. The van der Waals surface area contributed by atoms with Gasteiger partial charge in [0.2, 0.25) is 0 Å². The zero-order chi connectivity index (χ0) is 20.4. The second-order valence-electron chi connectivity index (χ2n) is 7.07. The Morgan fingerprint density at radius 2 is 1.89 bits per heavy atom. The van der Waals surface area contributed by atoms with Gasteiger partial charge >= 0.3 is 13.1 Å². The van der Waals surface area contributed by atoms with Crippen LogP contribution in [0.5, 0.6) is 0 Å². The summed E-state index contributed by atoms with van der Waals surface area (Å²) >= 11 is 2.32. The molecule has 0 radical (unpaired) electrons. The highest BCUT2D eigenvalue weighted by Crippen LogP contribution is 2.40. The van der Waals surface area contributed by atoms with Gasteiger partial charge in [-0.25, -0.2) is 9.78 Å². The van der Waals surface area contributed by atoms with Crippen molar-refractivity contribution < 1.29 is 23.6 Å². The molecule has 1 aliphatic rings. The average Bonchev–Trinajstić information content (AvgIpc) is 3.00. The SMILES string of the molecule is CCOC(=O)c1nc(N)sc1C=C(CSC(C)=O)B1OC(C)(C)C(C)(C)O1. The molecular formula is C17H25BN2O5S2. The molecule has 1 aromatic rings. The van der Waals surface area contributed by atoms with Gasteiger partial charge in [-0.05, 0) is 46.2 Å². The first-order chi connectivity index (χ1) is 12.5. The van der Waals surface area contributed by atoms with Crippen LogP contribution in [0.25, 0.3) is 6.08 Å². The molecule has 27 heavy (non-hydrogen) atoms. The lowest BCUT2D eigenvalue weighted by Crippen LogP contribution is -2.41. The number of carbonyl (C=O) groups is 2. The molecule has 0 atom stereocenters. The van der Waals surface area contributed by atoms with Crippen LogP contribution in [0.15, 0.2) is 5.47 Å². The molecule has 0 aromatic carbocycles. The topological polar surface area (TPSA) is 101 Å². The van der Waals surface area contributed by atoms with Gasteiger partial charge in [0.1, 0.15) is 0 Å². The lowest BCUT2D eigenvalue weighted by atomic mass is 9.79. The third kappa shape index (κ3) is 5.13. The molecule has 0 bridgehead atoms. The zero-order valence-corrected chi connectivity index (χ0v) is 18.1. The number of thioether (sulfide) groups is 1. The van der Waals surface area contributed by atoms with E-state index in [4.69, 9.17) is 19.8 Å². The van der Waals surface area contributed by atoms with Crippen LogP contribution < -0.4 is 5.73 Å². The van der Waals surface area contributed by atoms with Crippen LogP contribution in [0.3, 0.4) is 0 Å². The van der Waals surface area contributed by atoms with Crippen LogP contribution in [0.4, 0.5) is 5.13 Å². The number of thiazole rings is 1. The third-order valence-electron chi connectivity index (χ3n) is 4.45. The van der Waals surface area contributed by atoms with Crippen molar-refractivity contribution in [2.75, 3.05) is 18.1 Å². The highest BCUT2D eigenvalue weighted by Gasteiger charge is 2.52. The van der Waals surface area contributed by atoms with Crippen molar-refractivity contribution in [3.63, 3.8) is 0 Å². The van der Waals surface area contributed by atoms with Crippen molar-refractivity contribution in [2.45, 2.75) is 52.7 Å². The molecule has 2 heterocycles. The maximum Gasteiger partial charge on any atom is 0.491 e. The van der Waals surface area contributed by atoms with E-state index in [-0.39, 0.29) is 22.5 Å². The van der Waals surface area contributed by atoms with Crippen molar-refractivity contribution in [1.82, 2.24) is 4.98 Å². The Balaban J connectivity index is 2.41. The Morgan fingerprint density at radius 3 is 2.41 bits per heavy atom. The summed E-state index contributed by atoms with van der Waals surface area (Å²) in [6.45, 7) is 11.3. The van der Waals surface area contributed by atoms with E-state index in [1.165, 1.54) is 18.3 Å². The van der Waals surface area contributed by atoms with E-state index in [9.17, 15) is 9.59 Å². The van der Waals surface area contributed by atoms with E-state index < -0.39 is 24.3 Å². The molecule has 2 rings (SSSR count). The minimum absolute atomic E-state index is 0.0214. The van der Waals surface area contributed by atoms with E-state index in [0.717, 1.165) is 17.2 Å². The number of ether oxygens (including phenoxy) is 1. The van der Waals surface area contributed by atoms with E-state index in [1.54, 1.807) is 13.0 Å². The summed E-state index contributed by atoms with van der Waals surface area (Å²) in [6.07, 6.45) is 1.76. The van der Waals surface area contributed by atoms with Crippen molar-refractivity contribution in [3.05, 3.63) is 16.0 Å². The highest BCUT2D eigenvalue weighted by atomic mass is 32.2. The Morgan fingerprint density at radius 1 is 1.30 bits per heavy atom. The normalized spacial score (nSPS) is 18.6. The number of hydrogen-bond donors (Lipinski definition) is 1. The van der Waals surface area contributed by atoms with Gasteiger partial charge in [-0.3, -0.25) is 4.79 Å². The van der Waals surface area contributed by atoms with Crippen LogP contribution in [-0.4, -0.2) is 46.7 Å². The summed E-state index contributed by atoms with van der Waals surface area (Å²) < 4.78 is 17.3. The number of hydrogen-bond acceptors (Lipinski definition) is 9. The van der Waals surface area contributed by atoms with Crippen LogP contribution in [-0.2, 0) is 18.8 Å². The number of carbonyl (C=O) groups excluding carboxylic acids is 2. The number of esters is 1. The average molecular weight is 412 g/mol. The number of nitrogens with zero attached hydrogens (tertiary/aromatic N) is 1. The van der Waals surface area contributed by atoms with Gasteiger partial charge in [-0.2, -0.15) is 0 Å². The molecule has 1 aliphatic heterocycles. The van der Waals surface area contributed by atoms with Crippen molar-refractivity contribution in [2.24, 2.45) is 0 Å². The second kappa shape index (κ2) is 8.34. The predicted molar refractivity (Wildman–Crippen MR) is 110 cm³/mol. The maximum absolute atomic E-state index is 12.2. The summed E-state index contributed by atoms with van der Waals surface area (Å²) in [6, 6.07) is 0. The zero-order valence-electron chi connectivity index (χ0n) is 16.5. The van der Waals surface area contributed by atoms with E-state index in [2.05, 4.69) is 4.98 Å². The van der Waals surface area contributed by atoms with Crippen molar-refractivity contribution in [1.29, 1.82) is 0 Å². The first-order valence-electron chi connectivity index (χ1n) is 8.59. The van der Waals surface area contributed by atoms with Gasteiger partial charge in [-0.15, -0.1) is 0 Å². The van der Waals surface area contributed by atoms with Gasteiger partial charge in [0.25, 0.3) is 0 Å². The smallest absolute Gasteiger partial charge is 0.461 e. The molecule has 1 saturated heterocycles. The number of rotatable bonds is 6. The molecule has 2 N–H and O–H groups in total. The predicted octanol–water partition coefficient (Wildman–Crippen LogP) is 3.20. The lowest BCUT2D eigenvalue weighted by molar-refractivity contribution is -0.109. The van der Waals surface area contributed by atoms with Crippen molar-refractivity contribution >= 4 is 52.5 Å². The summed E-state index contributed by atoms with van der Waals surface area (Å²) in [7, 11) is -0.639. The Labute approximate surface area is 168 Å². The number of aromatic nitrogens is 1. The monoisotopic (exact) mass is 412 g/mol. The fraction of sp³-hybridized carbons (Fsp3) is 0.588. The molecule has 0 spiro atoms. The van der Waals surface area contributed by atoms with Crippen LogP contribution >= 0.6 is 23.1 Å². The lowest BCUT2D eigenvalue weighted by Gasteiger charge is -2.32. The molecule has 0 aliphatic carbocycles. The molecule has 0 saturated carbocycles. The number of nitrogen functional groups attached to an aromatic ring is 1. The first kappa shape index (κ1) is 21.9. The van der Waals surface area contributed by atoms with Crippen LogP contribution in [0.1, 0.15) is 56.9 Å². The minimum atomic E-state index is -0.639. The van der Waals surface area contributed by atoms with Crippen molar-refractivity contribution in [3.8, 4) is 0 Å². The molecule has 148 valence electrons. The van der Waals surface area contributed by atoms with Crippen LogP contribution in [0, 0.1) is 0 Å². The first-order valence-corrected chi connectivity index (χ1v) is 10.4. The molecule has 7 nitrogen and oxygen atoms in total. The summed E-state index contributed by atoms with van der Waals surface area (Å²) in [5.74, 6) is -0.170. The van der Waals surface area contributed by atoms with E-state index in [0.29, 0.717) is 10.6 Å². The van der Waals surface area contributed by atoms with Gasteiger partial charge < -0.3 is 19.8 Å². The maximum atomic E-state index is 12.2. The summed E-state index contributed by atoms with van der Waals surface area (Å²) in [5, 5.41) is 0.239. The largest absolute Gasteiger partial charge is 0.491 e. The van der Waals surface area contributed by atoms with Gasteiger partial charge in [0.05, 0.1) is 22.7 Å². The van der Waals surface area contributed by atoms with Gasteiger partial charge in [-0.1, -0.05) is 23.1 Å². The molecule has 1 fully saturated rings. The molecule has 10 heteroatoms. The molecule has 1 aromatic heterocycles. The molecule has 0 unspecified atom stereocenters. The van der Waals surface area contributed by atoms with Gasteiger partial charge in [0.15, 0.2) is 15.9 Å². The Bertz CT molecular complexity index is 745. The van der Waals surface area contributed by atoms with E-state index in [1.807, 2.05) is 27.7 Å². The summed E-state index contributed by atoms with van der Waals surface area (Å²) in [5.41, 5.74) is 5.64.